The van der Waals surface area contributed by atoms with Gasteiger partial charge in [0.1, 0.15) is 5.82 Å². The number of pyridine rings is 1. The Kier molecular flexibility index (Phi) is 1.98. The van der Waals surface area contributed by atoms with Gasteiger partial charge in [-0.2, -0.15) is 0 Å². The van der Waals surface area contributed by atoms with E-state index in [9.17, 15) is 0 Å². The van der Waals surface area contributed by atoms with E-state index in [1.807, 2.05) is 19.1 Å². The van der Waals surface area contributed by atoms with Gasteiger partial charge in [-0.15, -0.1) is 11.3 Å². The van der Waals surface area contributed by atoms with Crippen molar-refractivity contribution in [2.45, 2.75) is 6.92 Å². The third-order valence-electron chi connectivity index (χ3n) is 1.68. The average molecular weight is 191 g/mol. The van der Waals surface area contributed by atoms with E-state index in [-0.39, 0.29) is 0 Å². The van der Waals surface area contributed by atoms with E-state index >= 15 is 0 Å². The van der Waals surface area contributed by atoms with Crippen LogP contribution in [-0.2, 0) is 0 Å². The summed E-state index contributed by atoms with van der Waals surface area (Å²) in [6, 6.07) is 3.88. The molecule has 0 aliphatic heterocycles. The summed E-state index contributed by atoms with van der Waals surface area (Å²) in [4.78, 5) is 9.20. The van der Waals surface area contributed by atoms with Crippen LogP contribution in [0.3, 0.4) is 0 Å². The molecule has 3 nitrogen and oxygen atoms in total. The van der Waals surface area contributed by atoms with Gasteiger partial charge < -0.3 is 5.73 Å². The fourth-order valence-corrected chi connectivity index (χ4v) is 1.98. The van der Waals surface area contributed by atoms with Crippen LogP contribution >= 0.6 is 11.3 Å². The van der Waals surface area contributed by atoms with Crippen molar-refractivity contribution in [1.29, 1.82) is 0 Å². The summed E-state index contributed by atoms with van der Waals surface area (Å²) in [6.45, 7) is 1.95. The van der Waals surface area contributed by atoms with Gasteiger partial charge in [0.15, 0.2) is 0 Å². The number of thiazole rings is 1. The Labute approximate surface area is 80.3 Å². The highest BCUT2D eigenvalue weighted by molar-refractivity contribution is 7.15. The molecular formula is C9H9N3S. The van der Waals surface area contributed by atoms with Gasteiger partial charge in [0.05, 0.1) is 9.88 Å². The van der Waals surface area contributed by atoms with Gasteiger partial charge in [-0.1, -0.05) is 6.07 Å². The van der Waals surface area contributed by atoms with E-state index < -0.39 is 0 Å². The van der Waals surface area contributed by atoms with Gasteiger partial charge in [-0.25, -0.2) is 4.98 Å². The van der Waals surface area contributed by atoms with Crippen molar-refractivity contribution in [3.8, 4) is 10.4 Å². The normalized spacial score (nSPS) is 10.2. The molecule has 0 fully saturated rings. The molecule has 2 N–H and O–H groups in total. The summed E-state index contributed by atoms with van der Waals surface area (Å²) in [5.41, 5.74) is 6.78. The van der Waals surface area contributed by atoms with Gasteiger partial charge in [0, 0.05) is 18.0 Å². The van der Waals surface area contributed by atoms with Crippen molar-refractivity contribution in [2.75, 3.05) is 5.73 Å². The van der Waals surface area contributed by atoms with Crippen LogP contribution in [-0.4, -0.2) is 9.97 Å². The molecule has 2 rings (SSSR count). The van der Waals surface area contributed by atoms with Crippen molar-refractivity contribution < 1.29 is 0 Å². The quantitative estimate of drug-likeness (QED) is 0.751. The van der Waals surface area contributed by atoms with Crippen LogP contribution in [0.2, 0.25) is 0 Å². The maximum Gasteiger partial charge on any atom is 0.142 e. The first kappa shape index (κ1) is 8.19. The van der Waals surface area contributed by atoms with Crippen LogP contribution < -0.4 is 5.73 Å². The third kappa shape index (κ3) is 1.53. The zero-order valence-corrected chi connectivity index (χ0v) is 8.01. The monoisotopic (exact) mass is 191 g/mol. The maximum absolute atomic E-state index is 5.74. The lowest BCUT2D eigenvalue weighted by molar-refractivity contribution is 1.30. The Morgan fingerprint density at radius 3 is 2.85 bits per heavy atom. The zero-order valence-electron chi connectivity index (χ0n) is 7.19. The molecule has 0 bridgehead atoms. The lowest BCUT2D eigenvalue weighted by Crippen LogP contribution is -1.87. The summed E-state index contributed by atoms with van der Waals surface area (Å²) < 4.78 is 0. The Bertz CT molecular complexity index is 408. The number of nitrogen functional groups attached to an aromatic ring is 1. The first-order valence-corrected chi connectivity index (χ1v) is 4.72. The van der Waals surface area contributed by atoms with E-state index in [2.05, 4.69) is 9.97 Å². The molecule has 4 heteroatoms. The Morgan fingerprint density at radius 1 is 1.46 bits per heavy atom. The first-order chi connectivity index (χ1) is 6.27. The topological polar surface area (TPSA) is 51.8 Å². The number of nitrogens with zero attached hydrogens (tertiary/aromatic N) is 2. The predicted molar refractivity (Wildman–Crippen MR) is 54.5 cm³/mol. The Hall–Kier alpha value is -1.42. The van der Waals surface area contributed by atoms with Gasteiger partial charge in [-0.05, 0) is 13.0 Å². The molecule has 0 aromatic carbocycles. The van der Waals surface area contributed by atoms with Gasteiger partial charge in [0.2, 0.25) is 0 Å². The second-order valence-electron chi connectivity index (χ2n) is 2.69. The second-order valence-corrected chi connectivity index (χ2v) is 3.89. The fourth-order valence-electron chi connectivity index (χ4n) is 1.15. The predicted octanol–water partition coefficient (Wildman–Crippen LogP) is 2.10. The highest BCUT2D eigenvalue weighted by Gasteiger charge is 2.07. The maximum atomic E-state index is 5.74. The molecule has 2 heterocycles. The van der Waals surface area contributed by atoms with Crippen molar-refractivity contribution in [2.24, 2.45) is 0 Å². The molecule has 0 amide bonds. The molecule has 2 aromatic rings. The van der Waals surface area contributed by atoms with Crippen molar-refractivity contribution in [3.05, 3.63) is 29.5 Å². The number of rotatable bonds is 1. The molecule has 0 unspecified atom stereocenters. The number of hydrogen-bond acceptors (Lipinski definition) is 4. The van der Waals surface area contributed by atoms with Crippen LogP contribution in [0.4, 0.5) is 5.82 Å². The van der Waals surface area contributed by atoms with E-state index in [4.69, 9.17) is 5.73 Å². The SMILES string of the molecule is Cc1nc(N)c(-c2cccnc2)s1. The van der Waals surface area contributed by atoms with Crippen LogP contribution in [0.25, 0.3) is 10.4 Å². The summed E-state index contributed by atoms with van der Waals surface area (Å²) in [5, 5.41) is 0.983. The molecule has 2 aromatic heterocycles. The lowest BCUT2D eigenvalue weighted by Gasteiger charge is -1.95. The second kappa shape index (κ2) is 3.14. The molecule has 0 atom stereocenters. The van der Waals surface area contributed by atoms with Crippen LogP contribution in [0, 0.1) is 6.92 Å². The van der Waals surface area contributed by atoms with Crippen LogP contribution in [0.5, 0.6) is 0 Å². The Morgan fingerprint density at radius 2 is 2.31 bits per heavy atom. The summed E-state index contributed by atoms with van der Waals surface area (Å²) in [7, 11) is 0. The van der Waals surface area contributed by atoms with Gasteiger partial charge in [-0.3, -0.25) is 4.98 Å². The molecule has 0 spiro atoms. The number of aryl methyl sites for hydroxylation is 1. The van der Waals surface area contributed by atoms with E-state index in [0.29, 0.717) is 5.82 Å². The number of anilines is 1. The number of aromatic nitrogens is 2. The molecule has 0 aliphatic rings. The van der Waals surface area contributed by atoms with Gasteiger partial charge in [0.25, 0.3) is 0 Å². The first-order valence-electron chi connectivity index (χ1n) is 3.90. The zero-order chi connectivity index (χ0) is 9.26. The minimum Gasteiger partial charge on any atom is -0.382 e. The standard InChI is InChI=1S/C9H9N3S/c1-6-12-9(10)8(13-6)7-3-2-4-11-5-7/h2-5H,10H2,1H3. The third-order valence-corrected chi connectivity index (χ3v) is 2.72. The highest BCUT2D eigenvalue weighted by atomic mass is 32.1. The summed E-state index contributed by atoms with van der Waals surface area (Å²) >= 11 is 1.59. The van der Waals surface area contributed by atoms with Crippen molar-refractivity contribution >= 4 is 17.2 Å². The van der Waals surface area contributed by atoms with Crippen molar-refractivity contribution in [3.63, 3.8) is 0 Å². The van der Waals surface area contributed by atoms with E-state index in [0.717, 1.165) is 15.4 Å². The molecule has 0 aliphatic carbocycles. The smallest absolute Gasteiger partial charge is 0.142 e. The van der Waals surface area contributed by atoms with Crippen molar-refractivity contribution in [1.82, 2.24) is 9.97 Å². The molecular weight excluding hydrogens is 182 g/mol. The molecule has 66 valence electrons. The fraction of sp³-hybridized carbons (Fsp3) is 0.111. The average Bonchev–Trinajstić information content (AvgIpc) is 2.47. The molecule has 0 radical (unpaired) electrons. The number of nitrogens with two attached hydrogens (primary N) is 1. The van der Waals surface area contributed by atoms with Gasteiger partial charge >= 0.3 is 0 Å². The van der Waals surface area contributed by atoms with Crippen LogP contribution in [0.1, 0.15) is 5.01 Å². The molecule has 0 saturated carbocycles. The van der Waals surface area contributed by atoms with E-state index in [1.165, 1.54) is 0 Å². The molecule has 0 saturated heterocycles. The largest absolute Gasteiger partial charge is 0.382 e. The lowest BCUT2D eigenvalue weighted by atomic mass is 10.2. The highest BCUT2D eigenvalue weighted by Crippen LogP contribution is 2.30. The summed E-state index contributed by atoms with van der Waals surface area (Å²) in [5.74, 6) is 0.593. The molecule has 13 heavy (non-hydrogen) atoms. The summed E-state index contributed by atoms with van der Waals surface area (Å²) in [6.07, 6.45) is 3.54. The Balaban J connectivity index is 2.53. The minimum atomic E-state index is 0.593. The minimum absolute atomic E-state index is 0.593. The number of hydrogen-bond donors (Lipinski definition) is 1. The van der Waals surface area contributed by atoms with E-state index in [1.54, 1.807) is 23.7 Å². The van der Waals surface area contributed by atoms with Crippen LogP contribution in [0.15, 0.2) is 24.5 Å².